The van der Waals surface area contributed by atoms with E-state index in [0.29, 0.717) is 38.5 Å². The van der Waals surface area contributed by atoms with Crippen LogP contribution in [0.1, 0.15) is 105 Å². The molecular weight excluding hydrogens is 508 g/mol. The monoisotopic (exact) mass is 556 g/mol. The SMILES string of the molecule is C/C(=C\[C@@H](O)C[C@@H](C)[C@H]1C[C@H](O)[C@@]2(C)C3=C4C(=O)C[C@]12CCCCC[C@@]41CCC(=O)C(C)(C)[C@H]1C[C@H]3O)C(=O)O. The van der Waals surface area contributed by atoms with E-state index in [9.17, 15) is 34.8 Å². The molecule has 5 aliphatic carbocycles. The van der Waals surface area contributed by atoms with Crippen molar-refractivity contribution in [3.8, 4) is 0 Å². The fourth-order valence-corrected chi connectivity index (χ4v) is 10.7. The highest BCUT2D eigenvalue weighted by Gasteiger charge is 2.71. The first-order valence-corrected chi connectivity index (χ1v) is 15.4. The van der Waals surface area contributed by atoms with Gasteiger partial charge >= 0.3 is 5.97 Å². The second-order valence-corrected chi connectivity index (χ2v) is 14.7. The summed E-state index contributed by atoms with van der Waals surface area (Å²) < 4.78 is 0. The van der Waals surface area contributed by atoms with Crippen molar-refractivity contribution in [1.29, 1.82) is 0 Å². The molecule has 0 aliphatic heterocycles. The van der Waals surface area contributed by atoms with Crippen LogP contribution in [0.4, 0.5) is 0 Å². The molecule has 0 aromatic heterocycles. The van der Waals surface area contributed by atoms with Crippen LogP contribution in [-0.2, 0) is 14.4 Å². The van der Waals surface area contributed by atoms with Gasteiger partial charge in [0.05, 0.1) is 18.3 Å². The van der Waals surface area contributed by atoms with Crippen LogP contribution in [0.15, 0.2) is 22.8 Å². The fourth-order valence-electron chi connectivity index (χ4n) is 10.7. The molecule has 2 bridgehead atoms. The van der Waals surface area contributed by atoms with Crippen LogP contribution in [0.5, 0.6) is 0 Å². The molecule has 5 rings (SSSR count). The summed E-state index contributed by atoms with van der Waals surface area (Å²) in [5.41, 5.74) is -0.836. The van der Waals surface area contributed by atoms with Gasteiger partial charge in [0.2, 0.25) is 0 Å². The van der Waals surface area contributed by atoms with Crippen LogP contribution in [-0.4, -0.2) is 56.3 Å². The van der Waals surface area contributed by atoms with E-state index in [2.05, 4.69) is 6.92 Å². The summed E-state index contributed by atoms with van der Waals surface area (Å²) in [5, 5.41) is 43.9. The van der Waals surface area contributed by atoms with Crippen molar-refractivity contribution >= 4 is 17.5 Å². The van der Waals surface area contributed by atoms with Crippen LogP contribution < -0.4 is 0 Å². The number of carbonyl (C=O) groups is 3. The third-order valence-corrected chi connectivity index (χ3v) is 12.6. The second-order valence-electron chi connectivity index (χ2n) is 14.7. The van der Waals surface area contributed by atoms with Gasteiger partial charge in [-0.15, -0.1) is 0 Å². The third-order valence-electron chi connectivity index (χ3n) is 12.6. The molecule has 0 heterocycles. The largest absolute Gasteiger partial charge is 0.478 e. The number of Topliss-reactive ketones (excluding diaryl/α,β-unsaturated/α-hetero) is 2. The average Bonchev–Trinajstić information content (AvgIpc) is 3.09. The van der Waals surface area contributed by atoms with Crippen LogP contribution >= 0.6 is 0 Å². The highest BCUT2D eigenvalue weighted by molar-refractivity contribution is 6.01. The first-order valence-electron chi connectivity index (χ1n) is 15.4. The quantitative estimate of drug-likeness (QED) is 0.359. The Kier molecular flexibility index (Phi) is 7.32. The molecule has 2 spiro atoms. The van der Waals surface area contributed by atoms with E-state index in [1.54, 1.807) is 0 Å². The lowest BCUT2D eigenvalue weighted by molar-refractivity contribution is -0.150. The molecule has 7 heteroatoms. The normalized spacial score (nSPS) is 42.8. The molecule has 7 nitrogen and oxygen atoms in total. The fraction of sp³-hybridized carbons (Fsp3) is 0.788. The Hall–Kier alpha value is -1.83. The molecule has 4 N–H and O–H groups in total. The predicted molar refractivity (Wildman–Crippen MR) is 150 cm³/mol. The lowest BCUT2D eigenvalue weighted by Crippen LogP contribution is -2.62. The summed E-state index contributed by atoms with van der Waals surface area (Å²) in [6.45, 7) is 9.57. The number of rotatable bonds is 5. The van der Waals surface area contributed by atoms with Gasteiger partial charge in [0.15, 0.2) is 5.78 Å². The summed E-state index contributed by atoms with van der Waals surface area (Å²) in [6.07, 6.45) is 5.95. The number of aliphatic hydroxyl groups excluding tert-OH is 3. The number of hydrogen-bond acceptors (Lipinski definition) is 6. The molecule has 5 aliphatic rings. The number of fused-ring (bicyclic) bond motifs is 2. The van der Waals surface area contributed by atoms with Crippen molar-refractivity contribution in [2.24, 2.45) is 39.4 Å². The summed E-state index contributed by atoms with van der Waals surface area (Å²) >= 11 is 0. The van der Waals surface area contributed by atoms with E-state index in [0.717, 1.165) is 43.3 Å². The van der Waals surface area contributed by atoms with Crippen LogP contribution in [0.25, 0.3) is 0 Å². The van der Waals surface area contributed by atoms with Crippen LogP contribution in [0, 0.1) is 39.4 Å². The van der Waals surface area contributed by atoms with Crippen molar-refractivity contribution in [3.05, 3.63) is 22.8 Å². The van der Waals surface area contributed by atoms with Crippen molar-refractivity contribution in [1.82, 2.24) is 0 Å². The molecule has 3 saturated carbocycles. The number of allylic oxidation sites excluding steroid dienone is 1. The van der Waals surface area contributed by atoms with Gasteiger partial charge in [-0.1, -0.05) is 47.0 Å². The molecule has 222 valence electrons. The molecule has 0 saturated heterocycles. The Morgan fingerprint density at radius 2 is 1.73 bits per heavy atom. The Morgan fingerprint density at radius 1 is 1.05 bits per heavy atom. The average molecular weight is 557 g/mol. The topological polar surface area (TPSA) is 132 Å². The van der Waals surface area contributed by atoms with Gasteiger partial charge in [-0.05, 0) is 80.3 Å². The number of carboxylic acids is 1. The molecule has 0 amide bonds. The summed E-state index contributed by atoms with van der Waals surface area (Å²) in [7, 11) is 0. The zero-order valence-corrected chi connectivity index (χ0v) is 24.8. The number of ketones is 2. The van der Waals surface area contributed by atoms with E-state index in [-0.39, 0.29) is 34.9 Å². The Morgan fingerprint density at radius 3 is 2.40 bits per heavy atom. The molecule has 3 fully saturated rings. The number of hydrogen-bond donors (Lipinski definition) is 4. The molecule has 0 radical (unpaired) electrons. The van der Waals surface area contributed by atoms with Crippen molar-refractivity contribution in [2.45, 2.75) is 124 Å². The standard InChI is InChI=1S/C33H48O7/c1-18(13-20(34)14-19(2)29(39)40)21-15-26(38)31(5)27-22(35)16-24-30(3,4)25(37)9-12-32(24)10-7-6-8-11-33(21,31)17-23(36)28(27)32/h14,18,20-22,24,26,34-35,38H,6-13,15-17H2,1-5H3,(H,39,40)/b19-14+/t18-,20+,21-,22-,24-,26+,31+,32+,33-/m1/s1. The lowest BCUT2D eigenvalue weighted by Gasteiger charge is -2.63. The number of aliphatic hydroxyl groups is 3. The van der Waals surface area contributed by atoms with Crippen LogP contribution in [0.3, 0.4) is 0 Å². The Labute approximate surface area is 238 Å². The molecule has 0 aromatic carbocycles. The van der Waals surface area contributed by atoms with Gasteiger partial charge in [0, 0.05) is 40.2 Å². The van der Waals surface area contributed by atoms with Gasteiger partial charge < -0.3 is 20.4 Å². The molecule has 40 heavy (non-hydrogen) atoms. The van der Waals surface area contributed by atoms with Crippen molar-refractivity contribution in [2.75, 3.05) is 0 Å². The van der Waals surface area contributed by atoms with Gasteiger partial charge in [0.25, 0.3) is 0 Å². The van der Waals surface area contributed by atoms with Crippen molar-refractivity contribution in [3.63, 3.8) is 0 Å². The minimum absolute atomic E-state index is 0.0663. The maximum absolute atomic E-state index is 14.5. The predicted octanol–water partition coefficient (Wildman–Crippen LogP) is 4.77. The highest BCUT2D eigenvalue weighted by atomic mass is 16.4. The highest BCUT2D eigenvalue weighted by Crippen LogP contribution is 2.74. The first kappa shape index (κ1) is 29.7. The number of carbonyl (C=O) groups excluding carboxylic acids is 2. The maximum Gasteiger partial charge on any atom is 0.331 e. The van der Waals surface area contributed by atoms with E-state index < -0.39 is 45.9 Å². The second kappa shape index (κ2) is 9.88. The molecule has 0 aromatic rings. The summed E-state index contributed by atoms with van der Waals surface area (Å²) in [4.78, 5) is 39.0. The minimum Gasteiger partial charge on any atom is -0.478 e. The minimum atomic E-state index is -1.06. The van der Waals surface area contributed by atoms with Gasteiger partial charge in [-0.2, -0.15) is 0 Å². The van der Waals surface area contributed by atoms with Gasteiger partial charge in [0.1, 0.15) is 5.78 Å². The smallest absolute Gasteiger partial charge is 0.331 e. The Balaban J connectivity index is 1.64. The van der Waals surface area contributed by atoms with Crippen molar-refractivity contribution < 1.29 is 34.8 Å². The zero-order chi connectivity index (χ0) is 29.4. The molecule has 9 atom stereocenters. The maximum atomic E-state index is 14.5. The molecule has 0 unspecified atom stereocenters. The van der Waals surface area contributed by atoms with E-state index in [1.165, 1.54) is 13.0 Å². The summed E-state index contributed by atoms with van der Waals surface area (Å²) in [6, 6.07) is 0. The van der Waals surface area contributed by atoms with Gasteiger partial charge in [-0.25, -0.2) is 4.79 Å². The first-order chi connectivity index (χ1) is 18.6. The van der Waals surface area contributed by atoms with E-state index in [4.69, 9.17) is 0 Å². The molecular formula is C33H48O7. The number of aliphatic carboxylic acids is 1. The summed E-state index contributed by atoms with van der Waals surface area (Å²) in [5.74, 6) is -1.02. The number of carboxylic acid groups (broad SMARTS) is 1. The van der Waals surface area contributed by atoms with Crippen LogP contribution in [0.2, 0.25) is 0 Å². The van der Waals surface area contributed by atoms with E-state index >= 15 is 0 Å². The third kappa shape index (κ3) is 3.97. The Bertz CT molecular complexity index is 1170. The van der Waals surface area contributed by atoms with Gasteiger partial charge in [-0.3, -0.25) is 9.59 Å². The lowest BCUT2D eigenvalue weighted by atomic mass is 9.40. The van der Waals surface area contributed by atoms with E-state index in [1.807, 2.05) is 20.8 Å². The zero-order valence-electron chi connectivity index (χ0n) is 24.8.